The average Bonchev–Trinajstić information content (AvgIpc) is 2.55. The monoisotopic (exact) mass is 303 g/mol. The molecule has 120 valence electrons. The summed E-state index contributed by atoms with van der Waals surface area (Å²) in [5.41, 5.74) is 7.16. The van der Waals surface area contributed by atoms with Gasteiger partial charge in [-0.1, -0.05) is 18.2 Å². The molecule has 2 fully saturated rings. The molecule has 2 unspecified atom stereocenters. The molecule has 1 aliphatic heterocycles. The summed E-state index contributed by atoms with van der Waals surface area (Å²) in [5.74, 6) is 0.483. The third kappa shape index (κ3) is 2.96. The number of rotatable bonds is 4. The summed E-state index contributed by atoms with van der Waals surface area (Å²) in [6.45, 7) is 4.39. The van der Waals surface area contributed by atoms with Gasteiger partial charge in [0, 0.05) is 30.9 Å². The van der Waals surface area contributed by atoms with Crippen molar-refractivity contribution in [1.82, 2.24) is 0 Å². The van der Waals surface area contributed by atoms with E-state index in [9.17, 15) is 0 Å². The van der Waals surface area contributed by atoms with Gasteiger partial charge in [0.25, 0.3) is 0 Å². The van der Waals surface area contributed by atoms with Gasteiger partial charge >= 0.3 is 0 Å². The molecule has 2 atom stereocenters. The van der Waals surface area contributed by atoms with Gasteiger partial charge in [0.05, 0.1) is 12.1 Å². The van der Waals surface area contributed by atoms with Crippen LogP contribution in [0.25, 0.3) is 0 Å². The van der Waals surface area contributed by atoms with E-state index in [1.54, 1.807) is 0 Å². The summed E-state index contributed by atoms with van der Waals surface area (Å²) in [6.07, 6.45) is 3.25. The quantitative estimate of drug-likeness (QED) is 0.662. The molecule has 0 aromatic heterocycles. The van der Waals surface area contributed by atoms with E-state index in [2.05, 4.69) is 12.2 Å². The molecule has 3 N–H and O–H groups in total. The largest absolute Gasteiger partial charge is 0.381 e. The van der Waals surface area contributed by atoms with Gasteiger partial charge in [-0.25, -0.2) is 4.99 Å². The smallest absolute Gasteiger partial charge is 0.193 e. The fourth-order valence-electron chi connectivity index (χ4n) is 3.62. The van der Waals surface area contributed by atoms with Crippen LogP contribution in [0, 0.1) is 5.41 Å². The van der Waals surface area contributed by atoms with Gasteiger partial charge in [0.1, 0.15) is 0 Å². The van der Waals surface area contributed by atoms with E-state index in [1.165, 1.54) is 0 Å². The van der Waals surface area contributed by atoms with Gasteiger partial charge in [0.15, 0.2) is 5.96 Å². The van der Waals surface area contributed by atoms with Gasteiger partial charge in [-0.05, 0) is 38.3 Å². The fourth-order valence-corrected chi connectivity index (χ4v) is 3.62. The lowest BCUT2D eigenvalue weighted by Gasteiger charge is -2.55. The Morgan fingerprint density at radius 1 is 1.36 bits per heavy atom. The summed E-state index contributed by atoms with van der Waals surface area (Å²) < 4.78 is 11.4. The lowest BCUT2D eigenvalue weighted by Crippen LogP contribution is -2.60. The van der Waals surface area contributed by atoms with Crippen molar-refractivity contribution in [2.45, 2.75) is 38.3 Å². The maximum absolute atomic E-state index is 6.09. The summed E-state index contributed by atoms with van der Waals surface area (Å²) in [6, 6.07) is 10.1. The van der Waals surface area contributed by atoms with Crippen molar-refractivity contribution in [2.75, 3.05) is 25.1 Å². The summed E-state index contributed by atoms with van der Waals surface area (Å²) in [7, 11) is 0. The third-order valence-electron chi connectivity index (χ3n) is 4.87. The number of anilines is 1. The Hall–Kier alpha value is -1.59. The van der Waals surface area contributed by atoms with Gasteiger partial charge in [-0.3, -0.25) is 0 Å². The Morgan fingerprint density at radius 3 is 2.77 bits per heavy atom. The first-order valence-corrected chi connectivity index (χ1v) is 8.09. The number of aliphatic imine (C=N–C) groups is 1. The first kappa shape index (κ1) is 15.3. The van der Waals surface area contributed by atoms with E-state index in [0.717, 1.165) is 44.8 Å². The summed E-state index contributed by atoms with van der Waals surface area (Å²) >= 11 is 0. The zero-order valence-corrected chi connectivity index (χ0v) is 13.1. The number of benzene rings is 1. The summed E-state index contributed by atoms with van der Waals surface area (Å²) in [5, 5.41) is 3.17. The highest BCUT2D eigenvalue weighted by Crippen LogP contribution is 2.52. The average molecular weight is 303 g/mol. The molecular formula is C17H25N3O2. The van der Waals surface area contributed by atoms with Gasteiger partial charge in [-0.15, -0.1) is 0 Å². The van der Waals surface area contributed by atoms with Crippen LogP contribution in [-0.4, -0.2) is 37.9 Å². The fraction of sp³-hybridized carbons (Fsp3) is 0.588. The van der Waals surface area contributed by atoms with Gasteiger partial charge in [-0.2, -0.15) is 0 Å². The predicted octanol–water partition coefficient (Wildman–Crippen LogP) is 2.39. The Morgan fingerprint density at radius 2 is 2.09 bits per heavy atom. The molecule has 1 aromatic carbocycles. The molecule has 1 heterocycles. The van der Waals surface area contributed by atoms with Crippen LogP contribution in [0.2, 0.25) is 0 Å². The lowest BCUT2D eigenvalue weighted by molar-refractivity contribution is -0.163. The van der Waals surface area contributed by atoms with Crippen LogP contribution in [-0.2, 0) is 9.47 Å². The molecule has 0 radical (unpaired) electrons. The second kappa shape index (κ2) is 6.67. The molecular weight excluding hydrogens is 278 g/mol. The zero-order chi connectivity index (χ0) is 15.4. The van der Waals surface area contributed by atoms with E-state index < -0.39 is 0 Å². The first-order chi connectivity index (χ1) is 10.7. The van der Waals surface area contributed by atoms with E-state index >= 15 is 0 Å². The number of hydrogen-bond donors (Lipinski definition) is 2. The maximum atomic E-state index is 6.09. The van der Waals surface area contributed by atoms with Crippen molar-refractivity contribution >= 4 is 11.6 Å². The van der Waals surface area contributed by atoms with Crippen molar-refractivity contribution in [2.24, 2.45) is 16.1 Å². The minimum atomic E-state index is 0.108. The number of para-hydroxylation sites is 1. The Bertz CT molecular complexity index is 512. The standard InChI is InChI=1S/C17H25N3O2/c1-2-22-15-12-14(17(15)8-10-21-11-9-17)20-16(18)19-13-6-4-3-5-7-13/h3-7,14-15H,2,8-12H2,1H3,(H3,18,19,20). The topological polar surface area (TPSA) is 68.9 Å². The number of ether oxygens (including phenoxy) is 2. The zero-order valence-electron chi connectivity index (χ0n) is 13.1. The molecule has 1 aliphatic carbocycles. The van der Waals surface area contributed by atoms with Crippen LogP contribution in [0.4, 0.5) is 5.69 Å². The first-order valence-electron chi connectivity index (χ1n) is 8.09. The molecule has 1 saturated heterocycles. The second-order valence-corrected chi connectivity index (χ2v) is 6.05. The molecule has 1 spiro atoms. The molecule has 3 rings (SSSR count). The Labute approximate surface area is 131 Å². The van der Waals surface area contributed by atoms with E-state index in [-0.39, 0.29) is 11.5 Å². The van der Waals surface area contributed by atoms with Crippen LogP contribution in [0.15, 0.2) is 35.3 Å². The Balaban J connectivity index is 1.69. The molecule has 2 aliphatic rings. The van der Waals surface area contributed by atoms with Crippen molar-refractivity contribution < 1.29 is 9.47 Å². The number of nitrogens with two attached hydrogens (primary N) is 1. The molecule has 22 heavy (non-hydrogen) atoms. The molecule has 0 amide bonds. The number of nitrogens with one attached hydrogen (secondary N) is 1. The number of hydrogen-bond acceptors (Lipinski definition) is 3. The molecule has 5 heteroatoms. The highest BCUT2D eigenvalue weighted by molar-refractivity contribution is 5.92. The second-order valence-electron chi connectivity index (χ2n) is 6.05. The summed E-state index contributed by atoms with van der Waals surface area (Å²) in [4.78, 5) is 4.73. The van der Waals surface area contributed by atoms with Gasteiger partial charge in [0.2, 0.25) is 0 Å². The predicted molar refractivity (Wildman–Crippen MR) is 88.0 cm³/mol. The molecule has 1 aromatic rings. The van der Waals surface area contributed by atoms with Crippen molar-refractivity contribution in [3.05, 3.63) is 30.3 Å². The van der Waals surface area contributed by atoms with Crippen molar-refractivity contribution in [1.29, 1.82) is 0 Å². The molecule has 5 nitrogen and oxygen atoms in total. The number of guanidine groups is 1. The van der Waals surface area contributed by atoms with Crippen LogP contribution in [0.5, 0.6) is 0 Å². The minimum Gasteiger partial charge on any atom is -0.381 e. The van der Waals surface area contributed by atoms with Crippen LogP contribution >= 0.6 is 0 Å². The normalized spacial score (nSPS) is 27.4. The highest BCUT2D eigenvalue weighted by Gasteiger charge is 2.56. The van der Waals surface area contributed by atoms with Crippen molar-refractivity contribution in [3.8, 4) is 0 Å². The highest BCUT2D eigenvalue weighted by atomic mass is 16.5. The van der Waals surface area contributed by atoms with E-state index in [0.29, 0.717) is 12.1 Å². The van der Waals surface area contributed by atoms with Gasteiger partial charge < -0.3 is 20.5 Å². The Kier molecular flexibility index (Phi) is 4.64. The maximum Gasteiger partial charge on any atom is 0.193 e. The van der Waals surface area contributed by atoms with Crippen LogP contribution in [0.3, 0.4) is 0 Å². The minimum absolute atomic E-state index is 0.108. The van der Waals surface area contributed by atoms with E-state index in [4.69, 9.17) is 20.2 Å². The van der Waals surface area contributed by atoms with Crippen molar-refractivity contribution in [3.63, 3.8) is 0 Å². The molecule has 0 bridgehead atoms. The van der Waals surface area contributed by atoms with E-state index in [1.807, 2.05) is 30.3 Å². The van der Waals surface area contributed by atoms with Crippen LogP contribution < -0.4 is 11.1 Å². The third-order valence-corrected chi connectivity index (χ3v) is 4.87. The molecule has 1 saturated carbocycles. The SMILES string of the molecule is CCOC1CC(N=C(N)Nc2ccccc2)C12CCOCC2. The lowest BCUT2D eigenvalue weighted by atomic mass is 9.58. The number of nitrogens with zero attached hydrogens (tertiary/aromatic N) is 1. The van der Waals surface area contributed by atoms with Crippen LogP contribution in [0.1, 0.15) is 26.2 Å².